The molecule has 2 aliphatic rings. The molecule has 0 radical (unpaired) electrons. The molecule has 31 heavy (non-hydrogen) atoms. The first-order valence-electron chi connectivity index (χ1n) is 10.9. The number of aryl methyl sites for hydroxylation is 1. The first-order valence-corrected chi connectivity index (χ1v) is 10.9. The Morgan fingerprint density at radius 1 is 1.16 bits per heavy atom. The summed E-state index contributed by atoms with van der Waals surface area (Å²) < 4.78 is 0. The Morgan fingerprint density at radius 2 is 1.90 bits per heavy atom. The molecule has 3 N–H and O–H groups in total. The standard InChI is InChI=1S/C23H28N6O2/c30-21(27-31)18-13-25-22(26-14-18)29-10-7-23(8-11-29)15-28(16-23)9-3-4-17-12-24-20-6-2-1-5-19(17)20/h1-2,5-6,12-14,24,31H,3-4,7-11,15-16H2,(H,27,30). The van der Waals surface area contributed by atoms with Crippen LogP contribution in [0.1, 0.15) is 35.2 Å². The molecule has 8 heteroatoms. The number of aromatic nitrogens is 3. The summed E-state index contributed by atoms with van der Waals surface area (Å²) in [5.74, 6) is 0.0580. The van der Waals surface area contributed by atoms with Gasteiger partial charge in [-0.15, -0.1) is 0 Å². The van der Waals surface area contributed by atoms with E-state index in [-0.39, 0.29) is 5.56 Å². The molecular weight excluding hydrogens is 392 g/mol. The monoisotopic (exact) mass is 420 g/mol. The summed E-state index contributed by atoms with van der Waals surface area (Å²) in [6, 6.07) is 8.52. The average Bonchev–Trinajstić information content (AvgIpc) is 3.21. The number of hydrogen-bond donors (Lipinski definition) is 3. The van der Waals surface area contributed by atoms with E-state index in [0.29, 0.717) is 11.4 Å². The Kier molecular flexibility index (Phi) is 5.33. The topological polar surface area (TPSA) is 97.4 Å². The van der Waals surface area contributed by atoms with E-state index in [9.17, 15) is 4.79 Å². The second kappa shape index (κ2) is 8.28. The first kappa shape index (κ1) is 20.0. The number of carbonyl (C=O) groups excluding carboxylic acids is 1. The molecule has 1 spiro atoms. The fraction of sp³-hybridized carbons (Fsp3) is 0.435. The molecular formula is C23H28N6O2. The van der Waals surface area contributed by atoms with Gasteiger partial charge in [0.05, 0.1) is 5.56 Å². The summed E-state index contributed by atoms with van der Waals surface area (Å²) in [4.78, 5) is 28.1. The van der Waals surface area contributed by atoms with Crippen LogP contribution in [0.4, 0.5) is 5.95 Å². The lowest BCUT2D eigenvalue weighted by atomic mass is 9.72. The number of hydrogen-bond acceptors (Lipinski definition) is 6. The van der Waals surface area contributed by atoms with Crippen LogP contribution in [0.15, 0.2) is 42.9 Å². The zero-order valence-electron chi connectivity index (χ0n) is 17.5. The number of likely N-dealkylation sites (tertiary alicyclic amines) is 1. The van der Waals surface area contributed by atoms with E-state index < -0.39 is 5.91 Å². The molecule has 1 aromatic carbocycles. The lowest BCUT2D eigenvalue weighted by Gasteiger charge is -2.54. The average molecular weight is 421 g/mol. The number of amides is 1. The molecule has 3 aromatic rings. The molecule has 5 rings (SSSR count). The van der Waals surface area contributed by atoms with Gasteiger partial charge < -0.3 is 14.8 Å². The third-order valence-corrected chi connectivity index (χ3v) is 6.82. The van der Waals surface area contributed by atoms with Crippen LogP contribution >= 0.6 is 0 Å². The van der Waals surface area contributed by atoms with E-state index in [0.717, 1.165) is 38.9 Å². The molecule has 4 heterocycles. The van der Waals surface area contributed by atoms with Crippen molar-refractivity contribution in [2.75, 3.05) is 37.6 Å². The van der Waals surface area contributed by atoms with Gasteiger partial charge in [0.25, 0.3) is 5.91 Å². The maximum Gasteiger partial charge on any atom is 0.277 e. The highest BCUT2D eigenvalue weighted by Gasteiger charge is 2.44. The van der Waals surface area contributed by atoms with Gasteiger partial charge in [0.1, 0.15) is 0 Å². The van der Waals surface area contributed by atoms with Crippen molar-refractivity contribution >= 4 is 22.8 Å². The second-order valence-corrected chi connectivity index (χ2v) is 8.87. The number of fused-ring (bicyclic) bond motifs is 1. The highest BCUT2D eigenvalue weighted by Crippen LogP contribution is 2.41. The van der Waals surface area contributed by atoms with Crippen LogP contribution in [-0.4, -0.2) is 63.7 Å². The van der Waals surface area contributed by atoms with Gasteiger partial charge in [0.2, 0.25) is 5.95 Å². The molecule has 1 amide bonds. The fourth-order valence-corrected chi connectivity index (χ4v) is 5.06. The summed E-state index contributed by atoms with van der Waals surface area (Å²) in [5.41, 5.74) is 4.93. The van der Waals surface area contributed by atoms with Crippen molar-refractivity contribution in [3.8, 4) is 0 Å². The Morgan fingerprint density at radius 3 is 2.65 bits per heavy atom. The maximum atomic E-state index is 11.4. The fourth-order valence-electron chi connectivity index (χ4n) is 5.06. The number of para-hydroxylation sites is 1. The van der Waals surface area contributed by atoms with Crippen molar-refractivity contribution in [1.82, 2.24) is 25.3 Å². The van der Waals surface area contributed by atoms with Crippen LogP contribution in [0.2, 0.25) is 0 Å². The second-order valence-electron chi connectivity index (χ2n) is 8.87. The highest BCUT2D eigenvalue weighted by molar-refractivity contribution is 5.92. The minimum Gasteiger partial charge on any atom is -0.361 e. The van der Waals surface area contributed by atoms with Crippen molar-refractivity contribution in [2.45, 2.75) is 25.7 Å². The predicted octanol–water partition coefficient (Wildman–Crippen LogP) is 2.61. The normalized spacial score (nSPS) is 18.3. The number of H-pyrrole nitrogens is 1. The van der Waals surface area contributed by atoms with Gasteiger partial charge in [-0.1, -0.05) is 18.2 Å². The lowest BCUT2D eigenvalue weighted by Crippen LogP contribution is -2.60. The van der Waals surface area contributed by atoms with Crippen molar-refractivity contribution in [3.05, 3.63) is 54.0 Å². The Hall–Kier alpha value is -2.97. The van der Waals surface area contributed by atoms with E-state index in [4.69, 9.17) is 5.21 Å². The van der Waals surface area contributed by atoms with E-state index >= 15 is 0 Å². The van der Waals surface area contributed by atoms with Crippen molar-refractivity contribution < 1.29 is 10.0 Å². The van der Waals surface area contributed by atoms with Gasteiger partial charge in [0.15, 0.2) is 0 Å². The SMILES string of the molecule is O=C(NO)c1cnc(N2CCC3(CC2)CN(CCCc2c[nH]c4ccccc24)C3)nc1. The first-order chi connectivity index (χ1) is 15.2. The van der Waals surface area contributed by atoms with Crippen LogP contribution in [0, 0.1) is 5.41 Å². The lowest BCUT2D eigenvalue weighted by molar-refractivity contribution is -0.0187. The number of nitrogens with one attached hydrogen (secondary N) is 2. The molecule has 2 fully saturated rings. The highest BCUT2D eigenvalue weighted by atomic mass is 16.5. The van der Waals surface area contributed by atoms with E-state index in [2.05, 4.69) is 55.2 Å². The number of rotatable bonds is 6. The summed E-state index contributed by atoms with van der Waals surface area (Å²) >= 11 is 0. The summed E-state index contributed by atoms with van der Waals surface area (Å²) in [5, 5.41) is 10.0. The van der Waals surface area contributed by atoms with Crippen LogP contribution in [-0.2, 0) is 6.42 Å². The zero-order chi connectivity index (χ0) is 21.3. The Labute approximate surface area is 181 Å². The van der Waals surface area contributed by atoms with Gasteiger partial charge in [-0.05, 0) is 49.3 Å². The summed E-state index contributed by atoms with van der Waals surface area (Å²) in [6.07, 6.45) is 9.66. The van der Waals surface area contributed by atoms with E-state index in [1.54, 1.807) is 5.48 Å². The van der Waals surface area contributed by atoms with E-state index in [1.807, 2.05) is 0 Å². The van der Waals surface area contributed by atoms with Crippen molar-refractivity contribution in [2.24, 2.45) is 5.41 Å². The largest absolute Gasteiger partial charge is 0.361 e. The van der Waals surface area contributed by atoms with Gasteiger partial charge >= 0.3 is 0 Å². The van der Waals surface area contributed by atoms with Gasteiger partial charge in [-0.3, -0.25) is 10.0 Å². The third-order valence-electron chi connectivity index (χ3n) is 6.82. The van der Waals surface area contributed by atoms with Gasteiger partial charge in [-0.25, -0.2) is 15.4 Å². The van der Waals surface area contributed by atoms with Gasteiger partial charge in [0, 0.05) is 55.7 Å². The number of nitrogens with zero attached hydrogens (tertiary/aromatic N) is 4. The smallest absolute Gasteiger partial charge is 0.277 e. The number of hydroxylamine groups is 1. The number of piperidine rings is 1. The molecule has 0 bridgehead atoms. The number of aromatic amines is 1. The predicted molar refractivity (Wildman–Crippen MR) is 118 cm³/mol. The molecule has 8 nitrogen and oxygen atoms in total. The van der Waals surface area contributed by atoms with Crippen LogP contribution in [0.5, 0.6) is 0 Å². The van der Waals surface area contributed by atoms with Gasteiger partial charge in [-0.2, -0.15) is 0 Å². The summed E-state index contributed by atoms with van der Waals surface area (Å²) in [6.45, 7) is 5.41. The van der Waals surface area contributed by atoms with Crippen LogP contribution in [0.25, 0.3) is 10.9 Å². The minimum atomic E-state index is -0.594. The van der Waals surface area contributed by atoms with E-state index in [1.165, 1.54) is 48.4 Å². The van der Waals surface area contributed by atoms with Crippen molar-refractivity contribution in [1.29, 1.82) is 0 Å². The Balaban J connectivity index is 1.07. The molecule has 0 aliphatic carbocycles. The quantitative estimate of drug-likeness (QED) is 0.419. The molecule has 0 unspecified atom stereocenters. The molecule has 0 saturated carbocycles. The minimum absolute atomic E-state index is 0.252. The molecule has 2 aliphatic heterocycles. The molecule has 2 saturated heterocycles. The third kappa shape index (κ3) is 4.00. The number of anilines is 1. The maximum absolute atomic E-state index is 11.4. The van der Waals surface area contributed by atoms with Crippen molar-refractivity contribution in [3.63, 3.8) is 0 Å². The number of benzene rings is 1. The molecule has 0 atom stereocenters. The zero-order valence-corrected chi connectivity index (χ0v) is 17.5. The molecule has 162 valence electrons. The Bertz CT molecular complexity index is 1050. The number of carbonyl (C=O) groups is 1. The van der Waals surface area contributed by atoms with Crippen LogP contribution < -0.4 is 10.4 Å². The van der Waals surface area contributed by atoms with Crippen LogP contribution in [0.3, 0.4) is 0 Å². The molecule has 2 aromatic heterocycles. The summed E-state index contributed by atoms with van der Waals surface area (Å²) in [7, 11) is 0.